The largest absolute Gasteiger partial charge is 0.461 e. The number of hydrogen-bond acceptors (Lipinski definition) is 4. The Kier molecular flexibility index (Phi) is 4.45. The molecule has 0 atom stereocenters. The van der Waals surface area contributed by atoms with Gasteiger partial charge in [0.1, 0.15) is 6.61 Å². The lowest BCUT2D eigenvalue weighted by molar-refractivity contribution is -0.138. The topological polar surface area (TPSA) is 60.4 Å². The molecule has 0 saturated carbocycles. The highest BCUT2D eigenvalue weighted by Crippen LogP contribution is 2.09. The molecule has 0 aliphatic rings. The molecule has 92 valence electrons. The van der Waals surface area contributed by atoms with Crippen LogP contribution in [0.2, 0.25) is 0 Å². The second-order valence-electron chi connectivity index (χ2n) is 3.55. The van der Waals surface area contributed by atoms with Crippen molar-refractivity contribution in [1.82, 2.24) is 0 Å². The standard InChI is InChI=1S/C12H14O4S/c1-10(2)12(13)16-8-9-17(14,15)11-6-4-3-5-7-11/h3-7H,1,8-9H2,2H3. The van der Waals surface area contributed by atoms with Gasteiger partial charge in [-0.05, 0) is 19.1 Å². The van der Waals surface area contributed by atoms with Crippen molar-refractivity contribution in [2.75, 3.05) is 12.4 Å². The molecular weight excluding hydrogens is 240 g/mol. The first-order valence-electron chi connectivity index (χ1n) is 5.04. The van der Waals surface area contributed by atoms with E-state index in [4.69, 9.17) is 4.74 Å². The van der Waals surface area contributed by atoms with Crippen LogP contribution in [-0.2, 0) is 19.4 Å². The Morgan fingerprint density at radius 1 is 1.29 bits per heavy atom. The van der Waals surface area contributed by atoms with Crippen LogP contribution in [0, 0.1) is 0 Å². The molecule has 0 fully saturated rings. The van der Waals surface area contributed by atoms with Gasteiger partial charge in [0, 0.05) is 5.57 Å². The molecule has 0 bridgehead atoms. The number of benzene rings is 1. The molecule has 0 amide bonds. The predicted molar refractivity (Wildman–Crippen MR) is 64.3 cm³/mol. The summed E-state index contributed by atoms with van der Waals surface area (Å²) in [5.74, 6) is -0.802. The highest BCUT2D eigenvalue weighted by molar-refractivity contribution is 7.91. The third-order valence-electron chi connectivity index (χ3n) is 2.04. The van der Waals surface area contributed by atoms with Crippen LogP contribution in [-0.4, -0.2) is 26.7 Å². The number of sulfone groups is 1. The first-order chi connectivity index (χ1) is 7.93. The molecule has 1 rings (SSSR count). The van der Waals surface area contributed by atoms with Crippen molar-refractivity contribution in [3.8, 4) is 0 Å². The molecule has 0 aromatic heterocycles. The molecule has 4 nitrogen and oxygen atoms in total. The minimum Gasteiger partial charge on any atom is -0.461 e. The van der Waals surface area contributed by atoms with Gasteiger partial charge in [0.25, 0.3) is 0 Å². The summed E-state index contributed by atoms with van der Waals surface area (Å²) in [6.07, 6.45) is 0. The van der Waals surface area contributed by atoms with Gasteiger partial charge in [0.2, 0.25) is 0 Å². The summed E-state index contributed by atoms with van der Waals surface area (Å²) in [6, 6.07) is 8.05. The van der Waals surface area contributed by atoms with Crippen molar-refractivity contribution in [2.45, 2.75) is 11.8 Å². The van der Waals surface area contributed by atoms with Gasteiger partial charge in [-0.2, -0.15) is 0 Å². The molecule has 0 radical (unpaired) electrons. The van der Waals surface area contributed by atoms with Crippen molar-refractivity contribution in [3.05, 3.63) is 42.5 Å². The summed E-state index contributed by atoms with van der Waals surface area (Å²) in [4.78, 5) is 11.3. The van der Waals surface area contributed by atoms with Crippen molar-refractivity contribution >= 4 is 15.8 Å². The number of ether oxygens (including phenoxy) is 1. The fourth-order valence-corrected chi connectivity index (χ4v) is 2.22. The lowest BCUT2D eigenvalue weighted by Gasteiger charge is -2.05. The van der Waals surface area contributed by atoms with Crippen molar-refractivity contribution in [3.63, 3.8) is 0 Å². The minimum absolute atomic E-state index is 0.164. The van der Waals surface area contributed by atoms with Crippen molar-refractivity contribution in [1.29, 1.82) is 0 Å². The molecule has 1 aromatic rings. The van der Waals surface area contributed by atoms with E-state index in [2.05, 4.69) is 6.58 Å². The zero-order valence-corrected chi connectivity index (χ0v) is 10.4. The van der Waals surface area contributed by atoms with E-state index in [1.807, 2.05) is 0 Å². The maximum atomic E-state index is 11.8. The second-order valence-corrected chi connectivity index (χ2v) is 5.66. The highest BCUT2D eigenvalue weighted by atomic mass is 32.2. The number of rotatable bonds is 5. The molecule has 0 unspecified atom stereocenters. The van der Waals surface area contributed by atoms with Gasteiger partial charge in [0.05, 0.1) is 10.6 Å². The van der Waals surface area contributed by atoms with E-state index in [1.165, 1.54) is 19.1 Å². The minimum atomic E-state index is -3.39. The van der Waals surface area contributed by atoms with E-state index >= 15 is 0 Å². The molecule has 0 N–H and O–H groups in total. The first kappa shape index (κ1) is 13.4. The lowest BCUT2D eigenvalue weighted by Crippen LogP contribution is -2.15. The fourth-order valence-electron chi connectivity index (χ4n) is 1.11. The number of carbonyl (C=O) groups excluding carboxylic acids is 1. The van der Waals surface area contributed by atoms with E-state index < -0.39 is 15.8 Å². The maximum Gasteiger partial charge on any atom is 0.333 e. The van der Waals surface area contributed by atoms with Gasteiger partial charge in [-0.15, -0.1) is 0 Å². The Morgan fingerprint density at radius 2 is 1.88 bits per heavy atom. The van der Waals surface area contributed by atoms with Crippen LogP contribution in [0.15, 0.2) is 47.4 Å². The molecule has 0 saturated heterocycles. The van der Waals surface area contributed by atoms with Crippen LogP contribution in [0.25, 0.3) is 0 Å². The molecule has 0 aliphatic heterocycles. The number of carbonyl (C=O) groups is 1. The smallest absolute Gasteiger partial charge is 0.333 e. The molecule has 17 heavy (non-hydrogen) atoms. The Bertz CT molecular complexity index is 503. The zero-order chi connectivity index (χ0) is 12.9. The predicted octanol–water partition coefficient (Wildman–Crippen LogP) is 1.58. The van der Waals surface area contributed by atoms with Crippen LogP contribution in [0.1, 0.15) is 6.92 Å². The molecule has 5 heteroatoms. The Hall–Kier alpha value is -1.62. The summed E-state index contributed by atoms with van der Waals surface area (Å²) >= 11 is 0. The lowest BCUT2D eigenvalue weighted by atomic mass is 10.4. The normalized spacial score (nSPS) is 10.9. The average Bonchev–Trinajstić information content (AvgIpc) is 2.29. The van der Waals surface area contributed by atoms with E-state index in [9.17, 15) is 13.2 Å². The van der Waals surface area contributed by atoms with Crippen molar-refractivity contribution < 1.29 is 17.9 Å². The second kappa shape index (κ2) is 5.63. The number of hydrogen-bond donors (Lipinski definition) is 0. The van der Waals surface area contributed by atoms with Gasteiger partial charge < -0.3 is 4.74 Å². The van der Waals surface area contributed by atoms with Crippen molar-refractivity contribution in [2.24, 2.45) is 0 Å². The Labute approximate surface area is 101 Å². The van der Waals surface area contributed by atoms with Crippen LogP contribution in [0.4, 0.5) is 0 Å². The Morgan fingerprint density at radius 3 is 2.41 bits per heavy atom. The average molecular weight is 254 g/mol. The van der Waals surface area contributed by atoms with Crippen LogP contribution >= 0.6 is 0 Å². The van der Waals surface area contributed by atoms with Gasteiger partial charge in [-0.25, -0.2) is 13.2 Å². The van der Waals surface area contributed by atoms with Crippen LogP contribution in [0.3, 0.4) is 0 Å². The Balaban J connectivity index is 2.58. The third kappa shape index (κ3) is 4.03. The first-order valence-corrected chi connectivity index (χ1v) is 6.69. The zero-order valence-electron chi connectivity index (χ0n) is 9.55. The third-order valence-corrected chi connectivity index (χ3v) is 3.73. The van der Waals surface area contributed by atoms with E-state index in [-0.39, 0.29) is 22.8 Å². The molecule has 0 spiro atoms. The summed E-state index contributed by atoms with van der Waals surface area (Å²) in [6.45, 7) is 4.75. The van der Waals surface area contributed by atoms with E-state index in [0.717, 1.165) is 0 Å². The van der Waals surface area contributed by atoms with E-state index in [0.29, 0.717) is 0 Å². The van der Waals surface area contributed by atoms with E-state index in [1.54, 1.807) is 18.2 Å². The molecule has 0 aliphatic carbocycles. The van der Waals surface area contributed by atoms with Crippen LogP contribution < -0.4 is 0 Å². The maximum absolute atomic E-state index is 11.8. The van der Waals surface area contributed by atoms with Gasteiger partial charge in [-0.1, -0.05) is 24.8 Å². The highest BCUT2D eigenvalue weighted by Gasteiger charge is 2.14. The summed E-state index contributed by atoms with van der Waals surface area (Å²) in [5.41, 5.74) is 0.252. The number of esters is 1. The monoisotopic (exact) mass is 254 g/mol. The quantitative estimate of drug-likeness (QED) is 0.591. The summed E-state index contributed by atoms with van der Waals surface area (Å²) in [7, 11) is -3.39. The molecule has 1 aromatic carbocycles. The van der Waals surface area contributed by atoms with Gasteiger partial charge in [0.15, 0.2) is 9.84 Å². The van der Waals surface area contributed by atoms with Gasteiger partial charge in [-0.3, -0.25) is 0 Å². The van der Waals surface area contributed by atoms with Crippen LogP contribution in [0.5, 0.6) is 0 Å². The molecular formula is C12H14O4S. The summed E-state index contributed by atoms with van der Waals surface area (Å²) in [5, 5.41) is 0. The SMILES string of the molecule is C=C(C)C(=O)OCCS(=O)(=O)c1ccccc1. The fraction of sp³-hybridized carbons (Fsp3) is 0.250. The summed E-state index contributed by atoms with van der Waals surface area (Å²) < 4.78 is 28.3. The van der Waals surface area contributed by atoms with Gasteiger partial charge >= 0.3 is 5.97 Å². The molecule has 0 heterocycles.